The van der Waals surface area contributed by atoms with E-state index in [-0.39, 0.29) is 31.6 Å². The fourth-order valence-electron chi connectivity index (χ4n) is 2.99. The van der Waals surface area contributed by atoms with Crippen LogP contribution in [-0.2, 0) is 19.9 Å². The van der Waals surface area contributed by atoms with Gasteiger partial charge in [-0.15, -0.1) is 0 Å². The normalized spacial score (nSPS) is 11.8. The molecule has 8 nitrogen and oxygen atoms in total. The Kier molecular flexibility index (Phi) is 6.08. The molecule has 0 aliphatic heterocycles. The summed E-state index contributed by atoms with van der Waals surface area (Å²) in [4.78, 5) is 9.88. The van der Waals surface area contributed by atoms with Crippen molar-refractivity contribution in [1.82, 2.24) is 0 Å². The van der Waals surface area contributed by atoms with E-state index in [4.69, 9.17) is 11.6 Å². The van der Waals surface area contributed by atoms with Crippen LogP contribution in [0.5, 0.6) is 0 Å². The summed E-state index contributed by atoms with van der Waals surface area (Å²) in [5.74, 6) is 0. The Labute approximate surface area is 184 Å². The van der Waals surface area contributed by atoms with Crippen LogP contribution in [-0.4, -0.2) is 21.8 Å². The van der Waals surface area contributed by atoms with Gasteiger partial charge in [0.2, 0.25) is 9.84 Å². The molecule has 0 radical (unpaired) electrons. The van der Waals surface area contributed by atoms with E-state index in [0.29, 0.717) is 10.6 Å². The summed E-state index contributed by atoms with van der Waals surface area (Å²) in [6, 6.07) is 13.3. The van der Waals surface area contributed by atoms with Gasteiger partial charge in [-0.3, -0.25) is 14.8 Å². The zero-order chi connectivity index (χ0) is 23.0. The fourth-order valence-corrected chi connectivity index (χ4v) is 6.18. The van der Waals surface area contributed by atoms with E-state index in [1.807, 2.05) is 0 Å². The number of halogens is 1. The standard InChI is InChI=1S/C20H17ClN2O6S2/c1-13-10-19(30(26,27)18-8-6-15(21)7-9-18)14(2)20(11-13)31(28,29)22-16-4-3-5-17(12-16)23(24)25/h3-12,22H,1-2H3. The van der Waals surface area contributed by atoms with E-state index in [0.717, 1.165) is 6.07 Å². The molecule has 0 fully saturated rings. The first-order chi connectivity index (χ1) is 14.4. The SMILES string of the molecule is Cc1cc(S(=O)(=O)Nc2cccc([N+](=O)[O-])c2)c(C)c(S(=O)(=O)c2ccc(Cl)cc2)c1. The van der Waals surface area contributed by atoms with Crippen LogP contribution in [0.4, 0.5) is 11.4 Å². The number of benzene rings is 3. The minimum Gasteiger partial charge on any atom is -0.279 e. The third kappa shape index (κ3) is 4.71. The first kappa shape index (κ1) is 22.7. The van der Waals surface area contributed by atoms with Crippen LogP contribution in [0, 0.1) is 24.0 Å². The number of nitro groups is 1. The molecule has 162 valence electrons. The summed E-state index contributed by atoms with van der Waals surface area (Å²) in [5.41, 5.74) is 0.139. The van der Waals surface area contributed by atoms with Crippen molar-refractivity contribution in [2.75, 3.05) is 4.72 Å². The molecule has 31 heavy (non-hydrogen) atoms. The molecule has 3 aromatic carbocycles. The van der Waals surface area contributed by atoms with E-state index >= 15 is 0 Å². The monoisotopic (exact) mass is 480 g/mol. The van der Waals surface area contributed by atoms with E-state index in [1.165, 1.54) is 61.5 Å². The summed E-state index contributed by atoms with van der Waals surface area (Å²) >= 11 is 5.83. The van der Waals surface area contributed by atoms with Gasteiger partial charge < -0.3 is 0 Å². The molecule has 3 aromatic rings. The lowest BCUT2D eigenvalue weighted by molar-refractivity contribution is -0.384. The Morgan fingerprint density at radius 1 is 0.903 bits per heavy atom. The summed E-state index contributed by atoms with van der Waals surface area (Å²) in [7, 11) is -8.26. The number of nitrogens with zero attached hydrogens (tertiary/aromatic N) is 1. The van der Waals surface area contributed by atoms with Gasteiger partial charge in [-0.1, -0.05) is 17.7 Å². The number of hydrogen-bond donors (Lipinski definition) is 1. The molecule has 0 unspecified atom stereocenters. The lowest BCUT2D eigenvalue weighted by atomic mass is 10.2. The van der Waals surface area contributed by atoms with Gasteiger partial charge in [0.15, 0.2) is 0 Å². The summed E-state index contributed by atoms with van der Waals surface area (Å²) in [5, 5.41) is 11.3. The Balaban J connectivity index is 2.10. The van der Waals surface area contributed by atoms with E-state index in [2.05, 4.69) is 4.72 Å². The lowest BCUT2D eigenvalue weighted by Crippen LogP contribution is -2.16. The van der Waals surface area contributed by atoms with Crippen molar-refractivity contribution in [3.63, 3.8) is 0 Å². The maximum absolute atomic E-state index is 13.1. The average molecular weight is 481 g/mol. The predicted octanol–water partition coefficient (Wildman–Crippen LogP) is 4.50. The predicted molar refractivity (Wildman–Crippen MR) is 117 cm³/mol. The quantitative estimate of drug-likeness (QED) is 0.409. The topological polar surface area (TPSA) is 123 Å². The number of anilines is 1. The first-order valence-corrected chi connectivity index (χ1v) is 12.2. The van der Waals surface area contributed by atoms with E-state index in [9.17, 15) is 26.9 Å². The zero-order valence-electron chi connectivity index (χ0n) is 16.4. The van der Waals surface area contributed by atoms with E-state index < -0.39 is 24.8 Å². The molecule has 0 saturated carbocycles. The number of aryl methyl sites for hydroxylation is 1. The number of nitro benzene ring substituents is 1. The molecule has 11 heteroatoms. The first-order valence-electron chi connectivity index (χ1n) is 8.81. The Morgan fingerprint density at radius 3 is 2.13 bits per heavy atom. The van der Waals surface area contributed by atoms with Gasteiger partial charge >= 0.3 is 0 Å². The second-order valence-electron chi connectivity index (χ2n) is 6.76. The minimum absolute atomic E-state index is 0.0165. The molecule has 0 saturated heterocycles. The molecule has 0 atom stereocenters. The minimum atomic E-state index is -4.24. The third-order valence-electron chi connectivity index (χ3n) is 4.47. The molecule has 0 aliphatic carbocycles. The fraction of sp³-hybridized carbons (Fsp3) is 0.100. The number of rotatable bonds is 6. The number of sulfonamides is 1. The highest BCUT2D eigenvalue weighted by Crippen LogP contribution is 2.31. The van der Waals surface area contributed by atoms with Gasteiger partial charge in [0, 0.05) is 17.2 Å². The molecular formula is C20H17ClN2O6S2. The average Bonchev–Trinajstić information content (AvgIpc) is 2.69. The molecule has 0 aromatic heterocycles. The maximum atomic E-state index is 13.1. The van der Waals surface area contributed by atoms with Crippen LogP contribution >= 0.6 is 11.6 Å². The summed E-state index contributed by atoms with van der Waals surface area (Å²) in [6.07, 6.45) is 0. The number of sulfone groups is 1. The smallest absolute Gasteiger partial charge is 0.271 e. The van der Waals surface area contributed by atoms with Crippen LogP contribution in [0.25, 0.3) is 0 Å². The highest BCUT2D eigenvalue weighted by atomic mass is 35.5. The van der Waals surface area contributed by atoms with Crippen LogP contribution in [0.3, 0.4) is 0 Å². The molecule has 0 bridgehead atoms. The highest BCUT2D eigenvalue weighted by Gasteiger charge is 2.27. The third-order valence-corrected chi connectivity index (χ3v) is 8.12. The number of hydrogen-bond acceptors (Lipinski definition) is 6. The zero-order valence-corrected chi connectivity index (χ0v) is 18.8. The maximum Gasteiger partial charge on any atom is 0.271 e. The van der Waals surface area contributed by atoms with Crippen molar-refractivity contribution in [3.05, 3.63) is 86.9 Å². The van der Waals surface area contributed by atoms with Crippen molar-refractivity contribution in [2.24, 2.45) is 0 Å². The van der Waals surface area contributed by atoms with Gasteiger partial charge in [0.25, 0.3) is 15.7 Å². The van der Waals surface area contributed by atoms with E-state index in [1.54, 1.807) is 6.92 Å². The molecule has 0 heterocycles. The molecule has 0 aliphatic rings. The second kappa shape index (κ2) is 8.29. The van der Waals surface area contributed by atoms with Crippen molar-refractivity contribution in [2.45, 2.75) is 28.5 Å². The molecular weight excluding hydrogens is 464 g/mol. The van der Waals surface area contributed by atoms with Gasteiger partial charge in [0.1, 0.15) is 0 Å². The van der Waals surface area contributed by atoms with Gasteiger partial charge in [-0.25, -0.2) is 16.8 Å². The van der Waals surface area contributed by atoms with Crippen LogP contribution in [0.1, 0.15) is 11.1 Å². The van der Waals surface area contributed by atoms with Gasteiger partial charge in [-0.05, 0) is 67.4 Å². The Morgan fingerprint density at radius 2 is 1.52 bits per heavy atom. The van der Waals surface area contributed by atoms with Crippen molar-refractivity contribution in [3.8, 4) is 0 Å². The molecule has 0 spiro atoms. The summed E-state index contributed by atoms with van der Waals surface area (Å²) < 4.78 is 54.6. The van der Waals surface area contributed by atoms with Crippen LogP contribution in [0.15, 0.2) is 75.4 Å². The highest BCUT2D eigenvalue weighted by molar-refractivity contribution is 7.93. The van der Waals surface area contributed by atoms with Gasteiger partial charge in [0.05, 0.1) is 25.3 Å². The molecule has 0 amide bonds. The molecule has 3 rings (SSSR count). The second-order valence-corrected chi connectivity index (χ2v) is 10.8. The summed E-state index contributed by atoms with van der Waals surface area (Å²) in [6.45, 7) is 2.97. The van der Waals surface area contributed by atoms with Crippen LogP contribution < -0.4 is 4.72 Å². The largest absolute Gasteiger partial charge is 0.279 e. The van der Waals surface area contributed by atoms with Gasteiger partial charge in [-0.2, -0.15) is 0 Å². The number of non-ortho nitro benzene ring substituents is 1. The van der Waals surface area contributed by atoms with Crippen molar-refractivity contribution in [1.29, 1.82) is 0 Å². The Bertz CT molecular complexity index is 1390. The number of nitrogens with one attached hydrogen (secondary N) is 1. The van der Waals surface area contributed by atoms with Crippen molar-refractivity contribution < 1.29 is 21.8 Å². The van der Waals surface area contributed by atoms with Crippen LogP contribution in [0.2, 0.25) is 5.02 Å². The Hall–Kier alpha value is -2.95. The van der Waals surface area contributed by atoms with Crippen molar-refractivity contribution >= 4 is 42.8 Å². The lowest BCUT2D eigenvalue weighted by Gasteiger charge is -2.15. The molecule has 1 N–H and O–H groups in total.